The lowest BCUT2D eigenvalue weighted by Gasteiger charge is -2.25. The first-order valence-corrected chi connectivity index (χ1v) is 6.98. The van der Waals surface area contributed by atoms with Crippen molar-refractivity contribution in [2.75, 3.05) is 0 Å². The maximum Gasteiger partial charge on any atom is 0.0294 e. The molecule has 0 radical (unpaired) electrons. The summed E-state index contributed by atoms with van der Waals surface area (Å²) in [6.07, 6.45) is 3.77. The van der Waals surface area contributed by atoms with Gasteiger partial charge in [-0.1, -0.05) is 57.5 Å². The van der Waals surface area contributed by atoms with E-state index in [4.69, 9.17) is 0 Å². The van der Waals surface area contributed by atoms with E-state index >= 15 is 0 Å². The maximum atomic E-state index is 3.75. The summed E-state index contributed by atoms with van der Waals surface area (Å²) in [7, 11) is 0. The number of hydrogen-bond acceptors (Lipinski definition) is 1. The molecule has 1 rings (SSSR count). The van der Waals surface area contributed by atoms with Gasteiger partial charge in [0.05, 0.1) is 0 Å². The Bertz CT molecular complexity index is 294. The van der Waals surface area contributed by atoms with Crippen LogP contribution in [0.4, 0.5) is 0 Å². The van der Waals surface area contributed by atoms with E-state index in [0.717, 1.165) is 5.92 Å². The average Bonchev–Trinajstić information content (AvgIpc) is 2.38. The summed E-state index contributed by atoms with van der Waals surface area (Å²) in [5.74, 6) is 0.815. The van der Waals surface area contributed by atoms with Crippen LogP contribution < -0.4 is 5.32 Å². The van der Waals surface area contributed by atoms with Crippen LogP contribution in [0.1, 0.15) is 58.6 Å². The molecule has 1 N–H and O–H groups in total. The molecule has 0 aliphatic rings. The van der Waals surface area contributed by atoms with Gasteiger partial charge in [-0.25, -0.2) is 0 Å². The summed E-state index contributed by atoms with van der Waals surface area (Å²) in [4.78, 5) is 0. The summed E-state index contributed by atoms with van der Waals surface area (Å²) in [6.45, 7) is 9.15. The van der Waals surface area contributed by atoms with Crippen LogP contribution in [-0.2, 0) is 0 Å². The van der Waals surface area contributed by atoms with Crippen molar-refractivity contribution in [1.82, 2.24) is 5.32 Å². The van der Waals surface area contributed by atoms with Gasteiger partial charge in [-0.2, -0.15) is 0 Å². The average molecular weight is 233 g/mol. The molecule has 0 bridgehead atoms. The van der Waals surface area contributed by atoms with Crippen molar-refractivity contribution in [2.24, 2.45) is 5.92 Å². The molecule has 0 spiro atoms. The van der Waals surface area contributed by atoms with Gasteiger partial charge in [0, 0.05) is 12.1 Å². The zero-order valence-electron chi connectivity index (χ0n) is 11.7. The van der Waals surface area contributed by atoms with Gasteiger partial charge in [-0.05, 0) is 31.2 Å². The topological polar surface area (TPSA) is 12.0 Å². The molecule has 2 unspecified atom stereocenters. The molecule has 0 aromatic heterocycles. The molecule has 0 aliphatic heterocycles. The second kappa shape index (κ2) is 7.50. The van der Waals surface area contributed by atoms with Crippen molar-refractivity contribution in [3.63, 3.8) is 0 Å². The molecule has 0 fully saturated rings. The second-order valence-electron chi connectivity index (χ2n) is 5.15. The van der Waals surface area contributed by atoms with Crippen LogP contribution in [0.5, 0.6) is 0 Å². The van der Waals surface area contributed by atoms with Gasteiger partial charge in [0.1, 0.15) is 0 Å². The van der Waals surface area contributed by atoms with Gasteiger partial charge < -0.3 is 5.32 Å². The van der Waals surface area contributed by atoms with Crippen LogP contribution >= 0.6 is 0 Å². The molecule has 1 aromatic rings. The van der Waals surface area contributed by atoms with E-state index in [9.17, 15) is 0 Å². The summed E-state index contributed by atoms with van der Waals surface area (Å²) in [6, 6.07) is 11.8. The minimum Gasteiger partial charge on any atom is -0.307 e. The smallest absolute Gasteiger partial charge is 0.0294 e. The molecule has 1 heteroatoms. The third-order valence-electron chi connectivity index (χ3n) is 3.66. The Morgan fingerprint density at radius 3 is 2.18 bits per heavy atom. The molecule has 17 heavy (non-hydrogen) atoms. The fraction of sp³-hybridized carbons (Fsp3) is 0.625. The molecule has 0 amide bonds. The third-order valence-corrected chi connectivity index (χ3v) is 3.66. The Morgan fingerprint density at radius 2 is 1.65 bits per heavy atom. The quantitative estimate of drug-likeness (QED) is 0.728. The molecular formula is C16H27N. The van der Waals surface area contributed by atoms with Gasteiger partial charge in [0.2, 0.25) is 0 Å². The van der Waals surface area contributed by atoms with Crippen LogP contribution in [0.25, 0.3) is 0 Å². The first-order valence-electron chi connectivity index (χ1n) is 6.98. The molecule has 0 saturated carbocycles. The first-order chi connectivity index (χ1) is 8.17. The van der Waals surface area contributed by atoms with E-state index in [1.807, 2.05) is 0 Å². The Morgan fingerprint density at radius 1 is 1.00 bits per heavy atom. The predicted octanol–water partition coefficient (Wildman–Crippen LogP) is 4.55. The third kappa shape index (κ3) is 4.91. The number of hydrogen-bond donors (Lipinski definition) is 1. The summed E-state index contributed by atoms with van der Waals surface area (Å²) >= 11 is 0. The maximum absolute atomic E-state index is 3.75. The summed E-state index contributed by atoms with van der Waals surface area (Å²) < 4.78 is 0. The van der Waals surface area contributed by atoms with Gasteiger partial charge in [-0.3, -0.25) is 0 Å². The lowest BCUT2D eigenvalue weighted by atomic mass is 9.96. The van der Waals surface area contributed by atoms with E-state index in [1.54, 1.807) is 0 Å². The normalized spacial score (nSPS) is 16.5. The zero-order chi connectivity index (χ0) is 12.7. The Labute approximate surface area is 107 Å². The largest absolute Gasteiger partial charge is 0.307 e. The Hall–Kier alpha value is -0.820. The van der Waals surface area contributed by atoms with Gasteiger partial charge in [0.15, 0.2) is 0 Å². The van der Waals surface area contributed by atoms with E-state index in [-0.39, 0.29) is 0 Å². The first kappa shape index (κ1) is 14.2. The highest BCUT2D eigenvalue weighted by Gasteiger charge is 2.13. The van der Waals surface area contributed by atoms with Crippen molar-refractivity contribution in [3.05, 3.63) is 35.9 Å². The van der Waals surface area contributed by atoms with E-state index < -0.39 is 0 Å². The number of benzene rings is 1. The highest BCUT2D eigenvalue weighted by Crippen LogP contribution is 2.17. The molecule has 0 saturated heterocycles. The SMILES string of the molecule is CCC(C)CC(CC)N[C@@H](C)c1ccccc1. The highest BCUT2D eigenvalue weighted by molar-refractivity contribution is 5.18. The van der Waals surface area contributed by atoms with Crippen molar-refractivity contribution in [3.8, 4) is 0 Å². The molecule has 0 heterocycles. The van der Waals surface area contributed by atoms with Crippen molar-refractivity contribution in [1.29, 1.82) is 0 Å². The molecule has 0 aliphatic carbocycles. The molecule has 3 atom stereocenters. The van der Waals surface area contributed by atoms with E-state index in [0.29, 0.717) is 12.1 Å². The van der Waals surface area contributed by atoms with E-state index in [1.165, 1.54) is 24.8 Å². The zero-order valence-corrected chi connectivity index (χ0v) is 11.7. The number of rotatable bonds is 7. The van der Waals surface area contributed by atoms with Crippen molar-refractivity contribution >= 4 is 0 Å². The number of nitrogens with one attached hydrogen (secondary N) is 1. The minimum absolute atomic E-state index is 0.449. The molecule has 96 valence electrons. The van der Waals surface area contributed by atoms with E-state index in [2.05, 4.69) is 63.3 Å². The molecule has 1 aromatic carbocycles. The van der Waals surface area contributed by atoms with Crippen LogP contribution in [0.3, 0.4) is 0 Å². The fourth-order valence-electron chi connectivity index (χ4n) is 2.20. The predicted molar refractivity (Wildman–Crippen MR) is 76.1 cm³/mol. The van der Waals surface area contributed by atoms with Gasteiger partial charge in [0.25, 0.3) is 0 Å². The monoisotopic (exact) mass is 233 g/mol. The Kier molecular flexibility index (Phi) is 6.28. The van der Waals surface area contributed by atoms with Gasteiger partial charge in [-0.15, -0.1) is 0 Å². The Balaban J connectivity index is 2.50. The standard InChI is InChI=1S/C16H27N/c1-5-13(3)12-16(6-2)17-14(4)15-10-8-7-9-11-15/h7-11,13-14,16-17H,5-6,12H2,1-4H3/t13?,14-,16?/m0/s1. The van der Waals surface area contributed by atoms with Crippen LogP contribution in [-0.4, -0.2) is 6.04 Å². The lowest BCUT2D eigenvalue weighted by molar-refractivity contribution is 0.359. The van der Waals surface area contributed by atoms with Crippen LogP contribution in [0.2, 0.25) is 0 Å². The minimum atomic E-state index is 0.449. The molecular weight excluding hydrogens is 206 g/mol. The van der Waals surface area contributed by atoms with Crippen LogP contribution in [0.15, 0.2) is 30.3 Å². The highest BCUT2D eigenvalue weighted by atomic mass is 14.9. The lowest BCUT2D eigenvalue weighted by Crippen LogP contribution is -2.32. The fourth-order valence-corrected chi connectivity index (χ4v) is 2.20. The summed E-state index contributed by atoms with van der Waals surface area (Å²) in [5, 5.41) is 3.75. The summed E-state index contributed by atoms with van der Waals surface area (Å²) in [5.41, 5.74) is 1.38. The van der Waals surface area contributed by atoms with Crippen molar-refractivity contribution < 1.29 is 0 Å². The van der Waals surface area contributed by atoms with Crippen LogP contribution in [0, 0.1) is 5.92 Å². The molecule has 1 nitrogen and oxygen atoms in total. The van der Waals surface area contributed by atoms with Gasteiger partial charge >= 0.3 is 0 Å². The van der Waals surface area contributed by atoms with Crippen molar-refractivity contribution in [2.45, 2.75) is 59.0 Å². The second-order valence-corrected chi connectivity index (χ2v) is 5.15.